The monoisotopic (exact) mass is 664 g/mol. The Labute approximate surface area is 295 Å². The van der Waals surface area contributed by atoms with E-state index in [0.29, 0.717) is 6.42 Å². The van der Waals surface area contributed by atoms with Crippen molar-refractivity contribution >= 4 is 5.91 Å². The maximum absolute atomic E-state index is 12.2. The van der Waals surface area contributed by atoms with Crippen LogP contribution >= 0.6 is 0 Å². The Hall–Kier alpha value is -0.870. The summed E-state index contributed by atoms with van der Waals surface area (Å²) >= 11 is 0. The minimum Gasteiger partial charge on any atom is -0.394 e. The second-order valence-corrected chi connectivity index (χ2v) is 14.8. The van der Waals surface area contributed by atoms with Crippen LogP contribution in [0.15, 0.2) is 12.2 Å². The first-order chi connectivity index (χ1) is 23.2. The third-order valence-corrected chi connectivity index (χ3v) is 10.0. The molecule has 0 aromatic carbocycles. The van der Waals surface area contributed by atoms with Gasteiger partial charge in [0.25, 0.3) is 0 Å². The first-order valence-electron chi connectivity index (χ1n) is 21.4. The highest BCUT2D eigenvalue weighted by Crippen LogP contribution is 2.17. The van der Waals surface area contributed by atoms with Gasteiger partial charge in [-0.3, -0.25) is 4.79 Å². The minimum absolute atomic E-state index is 0.0690. The van der Waals surface area contributed by atoms with Crippen LogP contribution in [0.5, 0.6) is 0 Å². The van der Waals surface area contributed by atoms with Gasteiger partial charge < -0.3 is 15.5 Å². The van der Waals surface area contributed by atoms with Crippen LogP contribution in [-0.4, -0.2) is 34.9 Å². The summed E-state index contributed by atoms with van der Waals surface area (Å²) in [5, 5.41) is 22.5. The predicted octanol–water partition coefficient (Wildman–Crippen LogP) is 13.1. The number of rotatable bonds is 39. The molecule has 0 aliphatic carbocycles. The summed E-state index contributed by atoms with van der Waals surface area (Å²) in [6.07, 6.45) is 49.6. The largest absolute Gasteiger partial charge is 0.394 e. The number of hydrogen-bond donors (Lipinski definition) is 3. The lowest BCUT2D eigenvalue weighted by Gasteiger charge is -2.19. The van der Waals surface area contributed by atoms with Gasteiger partial charge >= 0.3 is 0 Å². The van der Waals surface area contributed by atoms with Crippen LogP contribution in [0, 0.1) is 0 Å². The lowest BCUT2D eigenvalue weighted by atomic mass is 10.0. The standard InChI is InChI=1S/C43H85NO3/c1-3-5-7-9-10-11-12-13-14-15-16-17-18-19-20-21-22-23-24-25-26-27-28-29-30-31-32-33-34-35-37-39-43(47)44-41(40-45)42(46)38-36-8-6-4-2/h36,38,41-42,45-46H,3-35,37,39-40H2,1-2H3,(H,44,47)/b38-36+. The second-order valence-electron chi connectivity index (χ2n) is 14.8. The summed E-state index contributed by atoms with van der Waals surface area (Å²) in [7, 11) is 0. The van der Waals surface area contributed by atoms with E-state index < -0.39 is 12.1 Å². The summed E-state index contributed by atoms with van der Waals surface area (Å²) < 4.78 is 0. The number of allylic oxidation sites excluding steroid dienone is 1. The molecule has 0 rings (SSSR count). The van der Waals surface area contributed by atoms with Crippen LogP contribution in [0.4, 0.5) is 0 Å². The molecule has 0 saturated carbocycles. The van der Waals surface area contributed by atoms with E-state index in [0.717, 1.165) is 32.1 Å². The number of carbonyl (C=O) groups is 1. The fraction of sp³-hybridized carbons (Fsp3) is 0.930. The molecule has 2 unspecified atom stereocenters. The van der Waals surface area contributed by atoms with Gasteiger partial charge in [-0.15, -0.1) is 0 Å². The van der Waals surface area contributed by atoms with Gasteiger partial charge in [0, 0.05) is 6.42 Å². The Bertz CT molecular complexity index is 637. The van der Waals surface area contributed by atoms with Gasteiger partial charge in [-0.05, 0) is 12.8 Å². The molecule has 280 valence electrons. The van der Waals surface area contributed by atoms with Crippen molar-refractivity contribution in [3.8, 4) is 0 Å². The van der Waals surface area contributed by atoms with Crippen LogP contribution in [0.2, 0.25) is 0 Å². The number of amides is 1. The Kier molecular flexibility index (Phi) is 38.8. The van der Waals surface area contributed by atoms with Crippen molar-refractivity contribution in [1.29, 1.82) is 0 Å². The zero-order chi connectivity index (χ0) is 34.3. The van der Waals surface area contributed by atoms with Gasteiger partial charge in [-0.1, -0.05) is 231 Å². The summed E-state index contributed by atoms with van der Waals surface area (Å²) in [6.45, 7) is 4.19. The Morgan fingerprint density at radius 2 is 0.787 bits per heavy atom. The molecule has 0 aliphatic heterocycles. The molecule has 0 bridgehead atoms. The van der Waals surface area contributed by atoms with Crippen molar-refractivity contribution in [3.63, 3.8) is 0 Å². The van der Waals surface area contributed by atoms with E-state index in [9.17, 15) is 15.0 Å². The van der Waals surface area contributed by atoms with Crippen LogP contribution in [0.3, 0.4) is 0 Å². The third kappa shape index (κ3) is 36.2. The predicted molar refractivity (Wildman–Crippen MR) is 207 cm³/mol. The number of nitrogens with one attached hydrogen (secondary N) is 1. The number of hydrogen-bond acceptors (Lipinski definition) is 3. The Balaban J connectivity index is 3.28. The normalized spacial score (nSPS) is 13.0. The first-order valence-corrected chi connectivity index (χ1v) is 21.4. The van der Waals surface area contributed by atoms with Gasteiger partial charge in [0.15, 0.2) is 0 Å². The topological polar surface area (TPSA) is 69.6 Å². The molecule has 47 heavy (non-hydrogen) atoms. The van der Waals surface area contributed by atoms with Crippen molar-refractivity contribution < 1.29 is 15.0 Å². The van der Waals surface area contributed by atoms with E-state index in [1.807, 2.05) is 6.08 Å². The van der Waals surface area contributed by atoms with Crippen LogP contribution in [-0.2, 0) is 4.79 Å². The van der Waals surface area contributed by atoms with E-state index in [1.54, 1.807) is 6.08 Å². The minimum atomic E-state index is -0.830. The molecular formula is C43H85NO3. The Morgan fingerprint density at radius 1 is 0.489 bits per heavy atom. The maximum Gasteiger partial charge on any atom is 0.220 e. The molecule has 0 aromatic heterocycles. The molecule has 1 amide bonds. The van der Waals surface area contributed by atoms with E-state index >= 15 is 0 Å². The number of aliphatic hydroxyl groups is 2. The van der Waals surface area contributed by atoms with Gasteiger partial charge in [0.05, 0.1) is 18.8 Å². The number of aliphatic hydroxyl groups excluding tert-OH is 2. The average Bonchev–Trinajstić information content (AvgIpc) is 3.08. The highest BCUT2D eigenvalue weighted by atomic mass is 16.3. The molecule has 0 spiro atoms. The van der Waals surface area contributed by atoms with Gasteiger partial charge in [0.2, 0.25) is 5.91 Å². The Morgan fingerprint density at radius 3 is 1.09 bits per heavy atom. The molecule has 3 N–H and O–H groups in total. The summed E-state index contributed by atoms with van der Waals surface area (Å²) in [5.41, 5.74) is 0. The molecular weight excluding hydrogens is 578 g/mol. The van der Waals surface area contributed by atoms with Crippen LogP contribution in [0.25, 0.3) is 0 Å². The highest BCUT2D eigenvalue weighted by Gasteiger charge is 2.17. The van der Waals surface area contributed by atoms with E-state index in [1.165, 1.54) is 186 Å². The smallest absolute Gasteiger partial charge is 0.220 e. The van der Waals surface area contributed by atoms with E-state index in [2.05, 4.69) is 19.2 Å². The molecule has 0 saturated heterocycles. The van der Waals surface area contributed by atoms with Crippen molar-refractivity contribution in [2.24, 2.45) is 0 Å². The molecule has 0 fully saturated rings. The van der Waals surface area contributed by atoms with Gasteiger partial charge in [-0.2, -0.15) is 0 Å². The SMILES string of the molecule is CCCC/C=C/C(O)C(CO)NC(=O)CCCCCCCCCCCCCCCCCCCCCCCCCCCCCCCCC. The lowest BCUT2D eigenvalue weighted by molar-refractivity contribution is -0.123. The van der Waals surface area contributed by atoms with Crippen molar-refractivity contribution in [2.75, 3.05) is 6.61 Å². The molecule has 4 heteroatoms. The lowest BCUT2D eigenvalue weighted by Crippen LogP contribution is -2.45. The van der Waals surface area contributed by atoms with Gasteiger partial charge in [0.1, 0.15) is 0 Å². The van der Waals surface area contributed by atoms with Gasteiger partial charge in [-0.25, -0.2) is 0 Å². The fourth-order valence-corrected chi connectivity index (χ4v) is 6.70. The molecule has 0 heterocycles. The van der Waals surface area contributed by atoms with E-state index in [4.69, 9.17) is 0 Å². The van der Waals surface area contributed by atoms with Crippen molar-refractivity contribution in [2.45, 2.75) is 251 Å². The number of carbonyl (C=O) groups excluding carboxylic acids is 1. The number of unbranched alkanes of at least 4 members (excludes halogenated alkanes) is 32. The van der Waals surface area contributed by atoms with Crippen molar-refractivity contribution in [1.82, 2.24) is 5.32 Å². The molecule has 0 radical (unpaired) electrons. The highest BCUT2D eigenvalue weighted by molar-refractivity contribution is 5.76. The summed E-state index contributed by atoms with van der Waals surface area (Å²) in [6, 6.07) is -0.612. The van der Waals surface area contributed by atoms with Crippen LogP contribution in [0.1, 0.15) is 239 Å². The average molecular weight is 664 g/mol. The first kappa shape index (κ1) is 46.1. The maximum atomic E-state index is 12.2. The quantitative estimate of drug-likeness (QED) is 0.0453. The third-order valence-electron chi connectivity index (χ3n) is 10.0. The molecule has 0 aliphatic rings. The van der Waals surface area contributed by atoms with E-state index in [-0.39, 0.29) is 12.5 Å². The fourth-order valence-electron chi connectivity index (χ4n) is 6.70. The zero-order valence-corrected chi connectivity index (χ0v) is 32.1. The molecule has 2 atom stereocenters. The van der Waals surface area contributed by atoms with Crippen molar-refractivity contribution in [3.05, 3.63) is 12.2 Å². The summed E-state index contributed by atoms with van der Waals surface area (Å²) in [4.78, 5) is 12.2. The molecule has 4 nitrogen and oxygen atoms in total. The molecule has 0 aromatic rings. The second kappa shape index (κ2) is 39.6. The van der Waals surface area contributed by atoms with Crippen LogP contribution < -0.4 is 5.32 Å². The summed E-state index contributed by atoms with van der Waals surface area (Å²) in [5.74, 6) is -0.0690. The zero-order valence-electron chi connectivity index (χ0n) is 32.1.